The third-order valence-electron chi connectivity index (χ3n) is 2.60. The highest BCUT2D eigenvalue weighted by atomic mass is 35.5. The highest BCUT2D eigenvalue weighted by Gasteiger charge is 2.22. The fraction of sp³-hybridized carbons (Fsp3) is 0.750. The minimum atomic E-state index is -0.100. The fourth-order valence-corrected chi connectivity index (χ4v) is 2.24. The van der Waals surface area contributed by atoms with E-state index in [0.29, 0.717) is 5.28 Å². The van der Waals surface area contributed by atoms with Crippen LogP contribution in [0.1, 0.15) is 31.7 Å². The van der Waals surface area contributed by atoms with Gasteiger partial charge in [-0.15, -0.1) is 5.10 Å². The van der Waals surface area contributed by atoms with Crippen molar-refractivity contribution >= 4 is 11.6 Å². The molecule has 72 valence electrons. The van der Waals surface area contributed by atoms with Gasteiger partial charge >= 0.3 is 5.69 Å². The lowest BCUT2D eigenvalue weighted by Gasteiger charge is -2.08. The molecule has 0 unspecified atom stereocenters. The minimum Gasteiger partial charge on any atom is -0.263 e. The van der Waals surface area contributed by atoms with Gasteiger partial charge in [-0.05, 0) is 24.4 Å². The first-order valence-corrected chi connectivity index (χ1v) is 4.89. The van der Waals surface area contributed by atoms with Gasteiger partial charge in [0.25, 0.3) is 0 Å². The molecule has 1 aliphatic carbocycles. The summed E-state index contributed by atoms with van der Waals surface area (Å²) in [7, 11) is 1.62. The number of nitrogens with zero attached hydrogens (tertiary/aromatic N) is 3. The monoisotopic (exact) mass is 201 g/mol. The summed E-state index contributed by atoms with van der Waals surface area (Å²) in [6.45, 7) is 0. The Morgan fingerprint density at radius 2 is 2.08 bits per heavy atom. The van der Waals surface area contributed by atoms with E-state index in [4.69, 9.17) is 11.6 Å². The Kier molecular flexibility index (Phi) is 2.15. The highest BCUT2D eigenvalue weighted by molar-refractivity contribution is 6.28. The van der Waals surface area contributed by atoms with Crippen molar-refractivity contribution in [2.75, 3.05) is 0 Å². The second kappa shape index (κ2) is 3.18. The van der Waals surface area contributed by atoms with E-state index in [0.717, 1.165) is 12.8 Å². The molecule has 0 bridgehead atoms. The minimum absolute atomic E-state index is 0.100. The summed E-state index contributed by atoms with van der Waals surface area (Å²) < 4.78 is 2.90. The van der Waals surface area contributed by atoms with Crippen LogP contribution in [0.5, 0.6) is 0 Å². The Balaban J connectivity index is 2.43. The van der Waals surface area contributed by atoms with Crippen LogP contribution in [0, 0.1) is 0 Å². The molecule has 1 aromatic rings. The molecule has 0 saturated heterocycles. The molecule has 0 aromatic carbocycles. The molecular formula is C8H12ClN3O. The maximum absolute atomic E-state index is 11.6. The summed E-state index contributed by atoms with van der Waals surface area (Å²) >= 11 is 5.86. The van der Waals surface area contributed by atoms with Gasteiger partial charge in [-0.2, -0.15) is 0 Å². The molecule has 0 aliphatic heterocycles. The van der Waals surface area contributed by atoms with Crippen molar-refractivity contribution < 1.29 is 0 Å². The molecule has 1 fully saturated rings. The normalized spacial score (nSPS) is 18.3. The van der Waals surface area contributed by atoms with Crippen molar-refractivity contribution in [2.45, 2.75) is 31.7 Å². The number of aryl methyl sites for hydroxylation is 1. The molecule has 0 atom stereocenters. The standard InChI is InChI=1S/C8H12ClN3O/c1-11-8(13)12(7(9)10-11)6-4-2-3-5-6/h6H,2-5H2,1H3. The predicted molar refractivity (Wildman–Crippen MR) is 50.0 cm³/mol. The molecule has 0 amide bonds. The number of hydrogen-bond acceptors (Lipinski definition) is 2. The van der Waals surface area contributed by atoms with Gasteiger partial charge in [-0.25, -0.2) is 9.48 Å². The van der Waals surface area contributed by atoms with Crippen LogP contribution in [0.4, 0.5) is 0 Å². The van der Waals surface area contributed by atoms with E-state index >= 15 is 0 Å². The summed E-state index contributed by atoms with van der Waals surface area (Å²) in [4.78, 5) is 11.6. The van der Waals surface area contributed by atoms with Crippen molar-refractivity contribution in [2.24, 2.45) is 7.05 Å². The third-order valence-corrected chi connectivity index (χ3v) is 2.86. The van der Waals surface area contributed by atoms with Gasteiger partial charge in [0.05, 0.1) is 0 Å². The van der Waals surface area contributed by atoms with E-state index in [9.17, 15) is 4.79 Å². The van der Waals surface area contributed by atoms with E-state index in [-0.39, 0.29) is 11.7 Å². The lowest BCUT2D eigenvalue weighted by Crippen LogP contribution is -2.25. The first-order chi connectivity index (χ1) is 6.20. The molecule has 1 aliphatic rings. The predicted octanol–water partition coefficient (Wildman–Crippen LogP) is 1.35. The number of aromatic nitrogens is 3. The summed E-state index contributed by atoms with van der Waals surface area (Å²) in [5, 5.41) is 4.21. The Labute approximate surface area is 81.1 Å². The molecule has 0 N–H and O–H groups in total. The smallest absolute Gasteiger partial charge is 0.263 e. The average molecular weight is 202 g/mol. The topological polar surface area (TPSA) is 39.8 Å². The van der Waals surface area contributed by atoms with Gasteiger partial charge in [0.2, 0.25) is 5.28 Å². The van der Waals surface area contributed by atoms with E-state index < -0.39 is 0 Å². The molecule has 4 nitrogen and oxygen atoms in total. The van der Waals surface area contributed by atoms with E-state index in [1.165, 1.54) is 17.5 Å². The van der Waals surface area contributed by atoms with Crippen molar-refractivity contribution in [1.29, 1.82) is 0 Å². The maximum atomic E-state index is 11.6. The molecule has 2 rings (SSSR count). The van der Waals surface area contributed by atoms with Crippen LogP contribution in [0.15, 0.2) is 4.79 Å². The van der Waals surface area contributed by atoms with Crippen molar-refractivity contribution in [1.82, 2.24) is 14.3 Å². The summed E-state index contributed by atoms with van der Waals surface area (Å²) in [5.74, 6) is 0. The summed E-state index contributed by atoms with van der Waals surface area (Å²) in [6.07, 6.45) is 4.46. The van der Waals surface area contributed by atoms with Crippen LogP contribution in [-0.4, -0.2) is 14.3 Å². The lowest BCUT2D eigenvalue weighted by molar-refractivity contribution is 0.497. The van der Waals surface area contributed by atoms with Gasteiger partial charge in [0.1, 0.15) is 0 Å². The van der Waals surface area contributed by atoms with Crippen LogP contribution in [0.3, 0.4) is 0 Å². The molecule has 1 aromatic heterocycles. The Morgan fingerprint density at radius 1 is 1.46 bits per heavy atom. The first kappa shape index (κ1) is 8.81. The zero-order chi connectivity index (χ0) is 9.42. The number of halogens is 1. The SMILES string of the molecule is Cn1nc(Cl)n(C2CCCC2)c1=O. The molecule has 1 saturated carbocycles. The van der Waals surface area contributed by atoms with Crippen LogP contribution in [0.25, 0.3) is 0 Å². The molecule has 0 spiro atoms. The fourth-order valence-electron chi connectivity index (χ4n) is 1.92. The summed E-state index contributed by atoms with van der Waals surface area (Å²) in [5.41, 5.74) is -0.100. The molecule has 1 heterocycles. The van der Waals surface area contributed by atoms with Gasteiger partial charge in [-0.1, -0.05) is 12.8 Å². The van der Waals surface area contributed by atoms with Crippen molar-refractivity contribution in [3.63, 3.8) is 0 Å². The largest absolute Gasteiger partial charge is 0.346 e. The Morgan fingerprint density at radius 3 is 2.54 bits per heavy atom. The van der Waals surface area contributed by atoms with Gasteiger partial charge < -0.3 is 0 Å². The van der Waals surface area contributed by atoms with E-state index in [1.807, 2.05) is 0 Å². The third kappa shape index (κ3) is 1.39. The van der Waals surface area contributed by atoms with Crippen molar-refractivity contribution in [3.05, 3.63) is 15.8 Å². The van der Waals surface area contributed by atoms with E-state index in [2.05, 4.69) is 5.10 Å². The average Bonchev–Trinajstić information content (AvgIpc) is 2.63. The van der Waals surface area contributed by atoms with Crippen molar-refractivity contribution in [3.8, 4) is 0 Å². The highest BCUT2D eigenvalue weighted by Crippen LogP contribution is 2.29. The molecule has 0 radical (unpaired) electrons. The van der Waals surface area contributed by atoms with Crippen LogP contribution < -0.4 is 5.69 Å². The Hall–Kier alpha value is -0.770. The van der Waals surface area contributed by atoms with Gasteiger partial charge in [0.15, 0.2) is 0 Å². The second-order valence-electron chi connectivity index (χ2n) is 3.48. The Bertz CT molecular complexity index is 362. The molecular weight excluding hydrogens is 190 g/mol. The van der Waals surface area contributed by atoms with Crippen LogP contribution >= 0.6 is 11.6 Å². The first-order valence-electron chi connectivity index (χ1n) is 4.51. The van der Waals surface area contributed by atoms with Crippen LogP contribution in [0.2, 0.25) is 5.28 Å². The maximum Gasteiger partial charge on any atom is 0.346 e. The number of rotatable bonds is 1. The van der Waals surface area contributed by atoms with E-state index in [1.54, 1.807) is 11.6 Å². The molecule has 5 heteroatoms. The quantitative estimate of drug-likeness (QED) is 0.688. The van der Waals surface area contributed by atoms with Crippen LogP contribution in [-0.2, 0) is 7.05 Å². The zero-order valence-corrected chi connectivity index (χ0v) is 8.29. The lowest BCUT2D eigenvalue weighted by atomic mass is 10.2. The molecule has 13 heavy (non-hydrogen) atoms. The van der Waals surface area contributed by atoms with Gasteiger partial charge in [-0.3, -0.25) is 4.57 Å². The summed E-state index contributed by atoms with van der Waals surface area (Å²) in [6, 6.07) is 0.272. The van der Waals surface area contributed by atoms with Gasteiger partial charge in [0, 0.05) is 13.1 Å². The number of hydrogen-bond donors (Lipinski definition) is 0. The second-order valence-corrected chi connectivity index (χ2v) is 3.82. The zero-order valence-electron chi connectivity index (χ0n) is 7.53.